The summed E-state index contributed by atoms with van der Waals surface area (Å²) in [6, 6.07) is 10.1. The van der Waals surface area contributed by atoms with Crippen LogP contribution in [0.15, 0.2) is 36.5 Å². The average molecular weight is 350 g/mol. The van der Waals surface area contributed by atoms with Crippen LogP contribution in [0.1, 0.15) is 61.3 Å². The van der Waals surface area contributed by atoms with E-state index in [1.807, 2.05) is 29.6 Å². The molecule has 5 nitrogen and oxygen atoms in total. The Morgan fingerprint density at radius 1 is 1.23 bits per heavy atom. The molecule has 0 fully saturated rings. The largest absolute Gasteiger partial charge is 0.352 e. The van der Waals surface area contributed by atoms with E-state index in [2.05, 4.69) is 43.2 Å². The molecule has 1 aromatic carbocycles. The Hall–Kier alpha value is -2.69. The van der Waals surface area contributed by atoms with Gasteiger partial charge >= 0.3 is 0 Å². The number of nitrogens with zero attached hydrogens (tertiary/aromatic N) is 3. The Bertz CT molecular complexity index is 913. The van der Waals surface area contributed by atoms with Crippen molar-refractivity contribution in [2.45, 2.75) is 46.5 Å². The molecule has 0 aliphatic rings. The van der Waals surface area contributed by atoms with Crippen LogP contribution in [-0.4, -0.2) is 27.0 Å². The molecule has 2 aromatic heterocycles. The fourth-order valence-corrected chi connectivity index (χ4v) is 3.26. The third-order valence-corrected chi connectivity index (χ3v) is 4.53. The van der Waals surface area contributed by atoms with Crippen LogP contribution in [0.25, 0.3) is 16.8 Å². The van der Waals surface area contributed by atoms with Crippen molar-refractivity contribution in [3.05, 3.63) is 53.5 Å². The summed E-state index contributed by atoms with van der Waals surface area (Å²) in [5.74, 6) is 0.0707. The number of aromatic nitrogens is 3. The van der Waals surface area contributed by atoms with E-state index in [1.54, 1.807) is 6.20 Å². The zero-order valence-corrected chi connectivity index (χ0v) is 15.9. The molecule has 2 heterocycles. The van der Waals surface area contributed by atoms with Gasteiger partial charge in [0.1, 0.15) is 0 Å². The molecule has 0 bridgehead atoms. The Kier molecular flexibility index (Phi) is 5.35. The minimum absolute atomic E-state index is 0.0778. The molecule has 0 atom stereocenters. The van der Waals surface area contributed by atoms with Gasteiger partial charge in [0, 0.05) is 18.3 Å². The summed E-state index contributed by atoms with van der Waals surface area (Å²) in [5.41, 5.74) is 5.31. The van der Waals surface area contributed by atoms with Crippen molar-refractivity contribution >= 4 is 11.6 Å². The summed E-state index contributed by atoms with van der Waals surface area (Å²) < 4.78 is 1.84. The van der Waals surface area contributed by atoms with Crippen molar-refractivity contribution in [2.75, 3.05) is 6.54 Å². The highest BCUT2D eigenvalue weighted by Crippen LogP contribution is 2.30. The van der Waals surface area contributed by atoms with Gasteiger partial charge in [-0.2, -0.15) is 5.10 Å². The number of benzene rings is 1. The van der Waals surface area contributed by atoms with E-state index < -0.39 is 0 Å². The van der Waals surface area contributed by atoms with Crippen LogP contribution in [0.2, 0.25) is 0 Å². The van der Waals surface area contributed by atoms with Gasteiger partial charge in [-0.25, -0.2) is 9.50 Å². The summed E-state index contributed by atoms with van der Waals surface area (Å²) in [7, 11) is 0. The van der Waals surface area contributed by atoms with E-state index in [0.29, 0.717) is 12.1 Å². The van der Waals surface area contributed by atoms with Gasteiger partial charge in [0.2, 0.25) is 0 Å². The van der Waals surface area contributed by atoms with Gasteiger partial charge in [-0.15, -0.1) is 0 Å². The second-order valence-corrected chi connectivity index (χ2v) is 6.88. The zero-order chi connectivity index (χ0) is 18.7. The van der Waals surface area contributed by atoms with Crippen molar-refractivity contribution in [3.8, 4) is 11.1 Å². The van der Waals surface area contributed by atoms with Crippen molar-refractivity contribution < 1.29 is 4.79 Å². The number of hydrogen-bond acceptors (Lipinski definition) is 3. The molecule has 0 saturated heterocycles. The van der Waals surface area contributed by atoms with Gasteiger partial charge in [-0.3, -0.25) is 4.79 Å². The van der Waals surface area contributed by atoms with Crippen molar-refractivity contribution in [1.29, 1.82) is 0 Å². The number of unbranched alkanes of at least 4 members (excludes halogenated alkanes) is 1. The SMILES string of the molecule is CCCCNC(=O)c1cnc2c(-c3ccccc3)c(C)nn2c1C(C)C. The number of carbonyl (C=O) groups excluding carboxylic acids is 1. The van der Waals surface area contributed by atoms with E-state index in [-0.39, 0.29) is 11.8 Å². The van der Waals surface area contributed by atoms with Crippen LogP contribution >= 0.6 is 0 Å². The molecule has 0 unspecified atom stereocenters. The van der Waals surface area contributed by atoms with Gasteiger partial charge in [0.15, 0.2) is 5.65 Å². The quantitative estimate of drug-likeness (QED) is 0.672. The fourth-order valence-electron chi connectivity index (χ4n) is 3.26. The molecular formula is C21H26N4O. The lowest BCUT2D eigenvalue weighted by Gasteiger charge is -2.14. The second-order valence-electron chi connectivity index (χ2n) is 6.88. The van der Waals surface area contributed by atoms with Crippen LogP contribution in [-0.2, 0) is 0 Å². The summed E-state index contributed by atoms with van der Waals surface area (Å²) in [6.45, 7) is 8.94. The van der Waals surface area contributed by atoms with Crippen LogP contribution in [0.3, 0.4) is 0 Å². The molecule has 5 heteroatoms. The average Bonchev–Trinajstić information content (AvgIpc) is 2.97. The lowest BCUT2D eigenvalue weighted by molar-refractivity contribution is 0.0950. The summed E-state index contributed by atoms with van der Waals surface area (Å²) in [5, 5.41) is 7.72. The minimum Gasteiger partial charge on any atom is -0.352 e. The first kappa shape index (κ1) is 18.1. The smallest absolute Gasteiger partial charge is 0.254 e. The molecule has 1 amide bonds. The topological polar surface area (TPSA) is 59.3 Å². The maximum absolute atomic E-state index is 12.7. The normalized spacial score (nSPS) is 11.3. The van der Waals surface area contributed by atoms with Crippen LogP contribution in [0.5, 0.6) is 0 Å². The lowest BCUT2D eigenvalue weighted by Crippen LogP contribution is -2.27. The van der Waals surface area contributed by atoms with Crippen molar-refractivity contribution in [2.24, 2.45) is 0 Å². The van der Waals surface area contributed by atoms with E-state index in [9.17, 15) is 4.79 Å². The first-order chi connectivity index (χ1) is 12.5. The maximum atomic E-state index is 12.7. The first-order valence-corrected chi connectivity index (χ1v) is 9.26. The number of fused-ring (bicyclic) bond motifs is 1. The molecule has 0 aliphatic carbocycles. The summed E-state index contributed by atoms with van der Waals surface area (Å²) in [6.07, 6.45) is 3.71. The molecule has 3 aromatic rings. The van der Waals surface area contributed by atoms with Gasteiger partial charge in [-0.1, -0.05) is 57.5 Å². The first-order valence-electron chi connectivity index (χ1n) is 9.26. The van der Waals surface area contributed by atoms with Crippen LogP contribution in [0.4, 0.5) is 0 Å². The van der Waals surface area contributed by atoms with Crippen LogP contribution < -0.4 is 5.32 Å². The predicted octanol–water partition coefficient (Wildman–Crippen LogP) is 4.36. The third-order valence-electron chi connectivity index (χ3n) is 4.53. The van der Waals surface area contributed by atoms with Crippen LogP contribution in [0, 0.1) is 6.92 Å². The standard InChI is InChI=1S/C21H26N4O/c1-5-6-12-22-21(26)17-13-23-20-18(16-10-8-7-9-11-16)15(4)24-25(20)19(17)14(2)3/h7-11,13-14H,5-6,12H2,1-4H3,(H,22,26). The summed E-state index contributed by atoms with van der Waals surface area (Å²) >= 11 is 0. The Balaban J connectivity index is 2.13. The van der Waals surface area contributed by atoms with Crippen molar-refractivity contribution in [3.63, 3.8) is 0 Å². The highest BCUT2D eigenvalue weighted by molar-refractivity contribution is 5.96. The van der Waals surface area contributed by atoms with Gasteiger partial charge < -0.3 is 5.32 Å². The molecule has 0 spiro atoms. The number of carbonyl (C=O) groups is 1. The zero-order valence-electron chi connectivity index (χ0n) is 15.9. The van der Waals surface area contributed by atoms with Gasteiger partial charge in [0.25, 0.3) is 5.91 Å². The molecule has 1 N–H and O–H groups in total. The second kappa shape index (κ2) is 7.68. The minimum atomic E-state index is -0.0778. The van der Waals surface area contributed by atoms with E-state index in [1.165, 1.54) is 0 Å². The lowest BCUT2D eigenvalue weighted by atomic mass is 10.0. The molecule has 0 saturated carbocycles. The highest BCUT2D eigenvalue weighted by Gasteiger charge is 2.22. The van der Waals surface area contributed by atoms with E-state index in [0.717, 1.165) is 41.0 Å². The van der Waals surface area contributed by atoms with Gasteiger partial charge in [0.05, 0.1) is 17.0 Å². The Labute approximate surface area is 154 Å². The van der Waals surface area contributed by atoms with Crippen molar-refractivity contribution in [1.82, 2.24) is 19.9 Å². The third kappa shape index (κ3) is 3.34. The Morgan fingerprint density at radius 3 is 2.62 bits per heavy atom. The molecule has 3 rings (SSSR count). The fraction of sp³-hybridized carbons (Fsp3) is 0.381. The predicted molar refractivity (Wildman–Crippen MR) is 104 cm³/mol. The van der Waals surface area contributed by atoms with E-state index in [4.69, 9.17) is 5.10 Å². The Morgan fingerprint density at radius 2 is 1.96 bits per heavy atom. The number of nitrogens with one attached hydrogen (secondary N) is 1. The highest BCUT2D eigenvalue weighted by atomic mass is 16.1. The number of rotatable bonds is 6. The summed E-state index contributed by atoms with van der Waals surface area (Å²) in [4.78, 5) is 17.3. The monoisotopic (exact) mass is 350 g/mol. The number of hydrogen-bond donors (Lipinski definition) is 1. The van der Waals surface area contributed by atoms with E-state index >= 15 is 0 Å². The maximum Gasteiger partial charge on any atom is 0.254 e. The molecule has 136 valence electrons. The molecule has 0 radical (unpaired) electrons. The number of amides is 1. The molecule has 26 heavy (non-hydrogen) atoms. The number of aryl methyl sites for hydroxylation is 1. The molecule has 0 aliphatic heterocycles. The van der Waals surface area contributed by atoms with Gasteiger partial charge in [-0.05, 0) is 24.8 Å². The molecular weight excluding hydrogens is 324 g/mol.